The van der Waals surface area contributed by atoms with Crippen LogP contribution in [-0.4, -0.2) is 5.97 Å². The number of benzene rings is 2. The molecule has 0 atom stereocenters. The number of carbonyl (C=O) groups is 1. The van der Waals surface area contributed by atoms with Gasteiger partial charge in [-0.1, -0.05) is 42.0 Å². The van der Waals surface area contributed by atoms with Crippen molar-refractivity contribution in [2.45, 2.75) is 13.5 Å². The Labute approximate surface area is 117 Å². The van der Waals surface area contributed by atoms with E-state index in [-0.39, 0.29) is 12.4 Å². The summed E-state index contributed by atoms with van der Waals surface area (Å²) in [7, 11) is 0. The minimum absolute atomic E-state index is 0.0643. The highest BCUT2D eigenvalue weighted by Gasteiger charge is 2.00. The largest absolute Gasteiger partial charge is 0.458 e. The van der Waals surface area contributed by atoms with Crippen LogP contribution in [0.25, 0.3) is 6.08 Å². The first kappa shape index (κ1) is 14.0. The van der Waals surface area contributed by atoms with E-state index in [1.54, 1.807) is 18.2 Å². The highest BCUT2D eigenvalue weighted by atomic mass is 19.1. The van der Waals surface area contributed by atoms with E-state index in [1.165, 1.54) is 18.2 Å². The Morgan fingerprint density at radius 2 is 1.95 bits per heavy atom. The van der Waals surface area contributed by atoms with Crippen molar-refractivity contribution >= 4 is 12.0 Å². The summed E-state index contributed by atoms with van der Waals surface area (Å²) in [5, 5.41) is 0. The van der Waals surface area contributed by atoms with Gasteiger partial charge in [-0.25, -0.2) is 9.18 Å². The number of rotatable bonds is 4. The molecule has 2 rings (SSSR count). The zero-order chi connectivity index (χ0) is 14.4. The van der Waals surface area contributed by atoms with Crippen LogP contribution in [0.4, 0.5) is 4.39 Å². The molecule has 0 radical (unpaired) electrons. The summed E-state index contributed by atoms with van der Waals surface area (Å²) in [4.78, 5) is 11.5. The number of halogens is 1. The van der Waals surface area contributed by atoms with E-state index in [0.717, 1.165) is 11.1 Å². The van der Waals surface area contributed by atoms with Gasteiger partial charge < -0.3 is 4.74 Å². The van der Waals surface area contributed by atoms with Crippen molar-refractivity contribution in [2.75, 3.05) is 0 Å². The molecule has 0 aromatic heterocycles. The molecule has 2 aromatic rings. The van der Waals surface area contributed by atoms with Crippen LogP contribution >= 0.6 is 0 Å². The Bertz CT molecular complexity index is 615. The number of ether oxygens (including phenoxy) is 1. The van der Waals surface area contributed by atoms with Crippen LogP contribution in [0.15, 0.2) is 54.6 Å². The Kier molecular flexibility index (Phi) is 4.66. The molecule has 0 fully saturated rings. The Hall–Kier alpha value is -2.42. The molecule has 0 unspecified atom stereocenters. The maximum atomic E-state index is 12.9. The molecular weight excluding hydrogens is 255 g/mol. The highest BCUT2D eigenvalue weighted by Crippen LogP contribution is 2.07. The van der Waals surface area contributed by atoms with Gasteiger partial charge in [-0.3, -0.25) is 0 Å². The minimum atomic E-state index is -0.449. The van der Waals surface area contributed by atoms with Crippen LogP contribution in [0.3, 0.4) is 0 Å². The van der Waals surface area contributed by atoms with E-state index in [1.807, 2.05) is 31.2 Å². The smallest absolute Gasteiger partial charge is 0.331 e. The van der Waals surface area contributed by atoms with Crippen LogP contribution in [0.1, 0.15) is 16.7 Å². The first-order valence-electron chi connectivity index (χ1n) is 6.29. The van der Waals surface area contributed by atoms with Crippen molar-refractivity contribution in [3.05, 3.63) is 77.1 Å². The molecule has 0 amide bonds. The molecular formula is C17H15FO2. The summed E-state index contributed by atoms with van der Waals surface area (Å²) in [5.74, 6) is -0.788. The number of aryl methyl sites for hydroxylation is 1. The lowest BCUT2D eigenvalue weighted by atomic mass is 10.1. The Balaban J connectivity index is 1.88. The van der Waals surface area contributed by atoms with Gasteiger partial charge in [0.15, 0.2) is 0 Å². The van der Waals surface area contributed by atoms with Crippen molar-refractivity contribution in [3.8, 4) is 0 Å². The van der Waals surface area contributed by atoms with Gasteiger partial charge in [0, 0.05) is 6.08 Å². The molecule has 0 saturated carbocycles. The number of hydrogen-bond donors (Lipinski definition) is 0. The zero-order valence-corrected chi connectivity index (χ0v) is 11.2. The number of hydrogen-bond acceptors (Lipinski definition) is 2. The van der Waals surface area contributed by atoms with Gasteiger partial charge in [0.1, 0.15) is 12.4 Å². The lowest BCUT2D eigenvalue weighted by Gasteiger charge is -2.02. The molecule has 0 aliphatic carbocycles. The van der Waals surface area contributed by atoms with E-state index >= 15 is 0 Å². The fourth-order valence-electron chi connectivity index (χ4n) is 1.67. The van der Waals surface area contributed by atoms with Gasteiger partial charge in [-0.05, 0) is 36.3 Å². The summed E-state index contributed by atoms with van der Waals surface area (Å²) in [5.41, 5.74) is 2.72. The van der Waals surface area contributed by atoms with Crippen LogP contribution < -0.4 is 0 Å². The topological polar surface area (TPSA) is 26.3 Å². The molecule has 0 bridgehead atoms. The van der Waals surface area contributed by atoms with Crippen LogP contribution in [-0.2, 0) is 16.1 Å². The monoisotopic (exact) mass is 270 g/mol. The summed E-state index contributed by atoms with van der Waals surface area (Å²) in [6.45, 7) is 2.07. The van der Waals surface area contributed by atoms with Crippen LogP contribution in [0, 0.1) is 12.7 Å². The molecule has 3 heteroatoms. The van der Waals surface area contributed by atoms with Crippen molar-refractivity contribution in [2.24, 2.45) is 0 Å². The quantitative estimate of drug-likeness (QED) is 0.622. The molecule has 0 aliphatic rings. The van der Waals surface area contributed by atoms with Crippen LogP contribution in [0.2, 0.25) is 0 Å². The van der Waals surface area contributed by atoms with Crippen molar-refractivity contribution in [1.29, 1.82) is 0 Å². The maximum absolute atomic E-state index is 12.9. The summed E-state index contributed by atoms with van der Waals surface area (Å²) < 4.78 is 18.0. The first-order chi connectivity index (χ1) is 9.63. The lowest BCUT2D eigenvalue weighted by molar-refractivity contribution is -0.138. The minimum Gasteiger partial charge on any atom is -0.458 e. The van der Waals surface area contributed by atoms with Crippen molar-refractivity contribution in [1.82, 2.24) is 0 Å². The third kappa shape index (κ3) is 4.35. The summed E-state index contributed by atoms with van der Waals surface area (Å²) in [6.07, 6.45) is 3.05. The Morgan fingerprint density at radius 1 is 1.20 bits per heavy atom. The van der Waals surface area contributed by atoms with Gasteiger partial charge in [0.2, 0.25) is 0 Å². The van der Waals surface area contributed by atoms with Gasteiger partial charge in [-0.2, -0.15) is 0 Å². The van der Waals surface area contributed by atoms with Gasteiger partial charge in [-0.15, -0.1) is 0 Å². The second kappa shape index (κ2) is 6.66. The number of esters is 1. The van der Waals surface area contributed by atoms with E-state index in [9.17, 15) is 9.18 Å². The van der Waals surface area contributed by atoms with Gasteiger partial charge in [0.05, 0.1) is 0 Å². The molecule has 0 spiro atoms. The lowest BCUT2D eigenvalue weighted by Crippen LogP contribution is -2.00. The fourth-order valence-corrected chi connectivity index (χ4v) is 1.67. The third-order valence-electron chi connectivity index (χ3n) is 2.76. The highest BCUT2D eigenvalue weighted by molar-refractivity contribution is 5.87. The van der Waals surface area contributed by atoms with Gasteiger partial charge >= 0.3 is 5.97 Å². The average molecular weight is 270 g/mol. The third-order valence-corrected chi connectivity index (χ3v) is 2.76. The second-order valence-electron chi connectivity index (χ2n) is 4.48. The SMILES string of the molecule is Cc1ccc(/C=C/C(=O)OCc2cccc(F)c2)cc1. The molecule has 2 aromatic carbocycles. The molecule has 102 valence electrons. The molecule has 0 aliphatic heterocycles. The fraction of sp³-hybridized carbons (Fsp3) is 0.118. The molecule has 2 nitrogen and oxygen atoms in total. The molecule has 0 heterocycles. The van der Waals surface area contributed by atoms with E-state index < -0.39 is 5.97 Å². The predicted molar refractivity (Wildman–Crippen MR) is 76.4 cm³/mol. The predicted octanol–water partition coefficient (Wildman–Crippen LogP) is 3.89. The van der Waals surface area contributed by atoms with Crippen molar-refractivity contribution in [3.63, 3.8) is 0 Å². The standard InChI is InChI=1S/C17H15FO2/c1-13-5-7-14(8-6-13)9-10-17(19)20-12-15-3-2-4-16(18)11-15/h2-11H,12H2,1H3/b10-9+. The molecule has 0 saturated heterocycles. The zero-order valence-electron chi connectivity index (χ0n) is 11.2. The molecule has 20 heavy (non-hydrogen) atoms. The molecule has 0 N–H and O–H groups in total. The maximum Gasteiger partial charge on any atom is 0.331 e. The first-order valence-corrected chi connectivity index (χ1v) is 6.29. The Morgan fingerprint density at radius 3 is 2.65 bits per heavy atom. The van der Waals surface area contributed by atoms with Gasteiger partial charge in [0.25, 0.3) is 0 Å². The second-order valence-corrected chi connectivity index (χ2v) is 4.48. The van der Waals surface area contributed by atoms with E-state index in [2.05, 4.69) is 0 Å². The number of carbonyl (C=O) groups excluding carboxylic acids is 1. The summed E-state index contributed by atoms with van der Waals surface area (Å²) >= 11 is 0. The van der Waals surface area contributed by atoms with Crippen LogP contribution in [0.5, 0.6) is 0 Å². The van der Waals surface area contributed by atoms with E-state index in [4.69, 9.17) is 4.74 Å². The normalized spacial score (nSPS) is 10.7. The van der Waals surface area contributed by atoms with Crippen molar-refractivity contribution < 1.29 is 13.9 Å². The average Bonchev–Trinajstić information content (AvgIpc) is 2.45. The summed E-state index contributed by atoms with van der Waals surface area (Å²) in [6, 6.07) is 13.8. The van der Waals surface area contributed by atoms with E-state index in [0.29, 0.717) is 5.56 Å².